The van der Waals surface area contributed by atoms with Crippen molar-refractivity contribution in [3.05, 3.63) is 0 Å². The van der Waals surface area contributed by atoms with E-state index in [4.69, 9.17) is 10.2 Å². The van der Waals surface area contributed by atoms with E-state index in [0.29, 0.717) is 6.04 Å². The van der Waals surface area contributed by atoms with Crippen molar-refractivity contribution < 1.29 is 15.0 Å². The van der Waals surface area contributed by atoms with Gasteiger partial charge in [0, 0.05) is 19.2 Å². The molecule has 88 valence electrons. The van der Waals surface area contributed by atoms with Crippen LogP contribution in [-0.2, 0) is 4.79 Å². The standard InChI is InChI=1S/C11H21NO3/c1-8(7-13)6-12-10-4-2-3-9(5-10)11(14)15/h8-10,12-13H,2-7H2,1H3,(H,14,15). The second-order valence-electron chi connectivity index (χ2n) is 4.59. The van der Waals surface area contributed by atoms with Crippen LogP contribution in [0.1, 0.15) is 32.6 Å². The van der Waals surface area contributed by atoms with Crippen LogP contribution in [0.4, 0.5) is 0 Å². The number of hydrogen-bond donors (Lipinski definition) is 3. The van der Waals surface area contributed by atoms with Crippen LogP contribution in [-0.4, -0.2) is 35.4 Å². The van der Waals surface area contributed by atoms with Crippen molar-refractivity contribution in [2.75, 3.05) is 13.2 Å². The zero-order valence-corrected chi connectivity index (χ0v) is 9.28. The normalized spacial score (nSPS) is 28.7. The maximum absolute atomic E-state index is 10.8. The molecule has 1 aliphatic rings. The summed E-state index contributed by atoms with van der Waals surface area (Å²) in [6, 6.07) is 0.314. The van der Waals surface area contributed by atoms with E-state index in [-0.39, 0.29) is 18.4 Å². The molecular formula is C11H21NO3. The van der Waals surface area contributed by atoms with E-state index in [0.717, 1.165) is 32.2 Å². The van der Waals surface area contributed by atoms with E-state index in [1.54, 1.807) is 0 Å². The number of carboxylic acid groups (broad SMARTS) is 1. The molecule has 0 aromatic rings. The van der Waals surface area contributed by atoms with Crippen LogP contribution in [0, 0.1) is 11.8 Å². The molecule has 3 atom stereocenters. The summed E-state index contributed by atoms with van der Waals surface area (Å²) in [5.41, 5.74) is 0. The monoisotopic (exact) mass is 215 g/mol. The molecule has 3 N–H and O–H groups in total. The minimum absolute atomic E-state index is 0.180. The summed E-state index contributed by atoms with van der Waals surface area (Å²) in [7, 11) is 0. The molecule has 1 rings (SSSR count). The second kappa shape index (κ2) is 6.08. The van der Waals surface area contributed by atoms with Gasteiger partial charge in [-0.1, -0.05) is 13.3 Å². The van der Waals surface area contributed by atoms with Gasteiger partial charge in [-0.25, -0.2) is 0 Å². The molecule has 0 aliphatic heterocycles. The van der Waals surface area contributed by atoms with Crippen LogP contribution >= 0.6 is 0 Å². The van der Waals surface area contributed by atoms with Gasteiger partial charge in [-0.05, 0) is 25.2 Å². The SMILES string of the molecule is CC(CO)CNC1CCCC(C(=O)O)C1. The van der Waals surface area contributed by atoms with Crippen molar-refractivity contribution in [2.24, 2.45) is 11.8 Å². The number of hydrogen-bond acceptors (Lipinski definition) is 3. The first-order valence-electron chi connectivity index (χ1n) is 5.70. The predicted octanol–water partition coefficient (Wildman–Crippen LogP) is 0.848. The summed E-state index contributed by atoms with van der Waals surface area (Å²) in [5, 5.41) is 21.1. The number of aliphatic hydroxyl groups excluding tert-OH is 1. The lowest BCUT2D eigenvalue weighted by atomic mass is 9.85. The van der Waals surface area contributed by atoms with Crippen molar-refractivity contribution >= 4 is 5.97 Å². The Balaban J connectivity index is 2.27. The zero-order chi connectivity index (χ0) is 11.3. The number of rotatable bonds is 5. The Bertz CT molecular complexity index is 208. The third-order valence-corrected chi connectivity index (χ3v) is 3.09. The van der Waals surface area contributed by atoms with Crippen molar-refractivity contribution in [3.63, 3.8) is 0 Å². The third kappa shape index (κ3) is 4.18. The predicted molar refractivity (Wildman–Crippen MR) is 57.6 cm³/mol. The minimum Gasteiger partial charge on any atom is -0.481 e. The Morgan fingerprint density at radius 1 is 1.53 bits per heavy atom. The first-order valence-corrected chi connectivity index (χ1v) is 5.70. The molecule has 0 aromatic carbocycles. The summed E-state index contributed by atoms with van der Waals surface area (Å²) in [5.74, 6) is -0.604. The fourth-order valence-corrected chi connectivity index (χ4v) is 2.03. The molecule has 0 amide bonds. The van der Waals surface area contributed by atoms with Crippen molar-refractivity contribution in [2.45, 2.75) is 38.6 Å². The van der Waals surface area contributed by atoms with Crippen LogP contribution in [0.25, 0.3) is 0 Å². The number of carboxylic acids is 1. The molecule has 1 fully saturated rings. The van der Waals surface area contributed by atoms with Gasteiger partial charge in [-0.2, -0.15) is 0 Å². The van der Waals surface area contributed by atoms with Crippen LogP contribution in [0.5, 0.6) is 0 Å². The number of nitrogens with one attached hydrogen (secondary N) is 1. The van der Waals surface area contributed by atoms with Gasteiger partial charge in [0.25, 0.3) is 0 Å². The van der Waals surface area contributed by atoms with Crippen LogP contribution in [0.2, 0.25) is 0 Å². The molecule has 0 saturated heterocycles. The largest absolute Gasteiger partial charge is 0.481 e. The third-order valence-electron chi connectivity index (χ3n) is 3.09. The van der Waals surface area contributed by atoms with Gasteiger partial charge in [-0.3, -0.25) is 4.79 Å². The lowest BCUT2D eigenvalue weighted by molar-refractivity contribution is -0.143. The Kier molecular flexibility index (Phi) is 5.05. The van der Waals surface area contributed by atoms with Gasteiger partial charge < -0.3 is 15.5 Å². The quantitative estimate of drug-likeness (QED) is 0.636. The average Bonchev–Trinajstić information content (AvgIpc) is 2.26. The first-order chi connectivity index (χ1) is 7.13. The van der Waals surface area contributed by atoms with E-state index in [2.05, 4.69) is 5.32 Å². The topological polar surface area (TPSA) is 69.6 Å². The Labute approximate surface area is 90.7 Å². The van der Waals surface area contributed by atoms with Crippen molar-refractivity contribution in [1.29, 1.82) is 0 Å². The van der Waals surface area contributed by atoms with E-state index < -0.39 is 5.97 Å². The van der Waals surface area contributed by atoms with Crippen LogP contribution in [0.3, 0.4) is 0 Å². The van der Waals surface area contributed by atoms with Gasteiger partial charge >= 0.3 is 5.97 Å². The molecule has 4 nitrogen and oxygen atoms in total. The molecule has 1 saturated carbocycles. The summed E-state index contributed by atoms with van der Waals surface area (Å²) in [6.45, 7) is 2.93. The van der Waals surface area contributed by atoms with Gasteiger partial charge in [0.15, 0.2) is 0 Å². The molecule has 4 heteroatoms. The zero-order valence-electron chi connectivity index (χ0n) is 9.28. The van der Waals surface area contributed by atoms with E-state index >= 15 is 0 Å². The molecule has 0 heterocycles. The molecule has 0 spiro atoms. The van der Waals surface area contributed by atoms with Crippen molar-refractivity contribution in [1.82, 2.24) is 5.32 Å². The summed E-state index contributed by atoms with van der Waals surface area (Å²) in [6.07, 6.45) is 3.58. The lowest BCUT2D eigenvalue weighted by Gasteiger charge is -2.28. The Morgan fingerprint density at radius 2 is 2.27 bits per heavy atom. The Morgan fingerprint density at radius 3 is 2.87 bits per heavy atom. The molecule has 3 unspecified atom stereocenters. The fourth-order valence-electron chi connectivity index (χ4n) is 2.03. The van der Waals surface area contributed by atoms with Gasteiger partial charge in [0.05, 0.1) is 5.92 Å². The van der Waals surface area contributed by atoms with Crippen LogP contribution in [0.15, 0.2) is 0 Å². The van der Waals surface area contributed by atoms with Crippen molar-refractivity contribution in [3.8, 4) is 0 Å². The molecule has 15 heavy (non-hydrogen) atoms. The van der Waals surface area contributed by atoms with Crippen LogP contribution < -0.4 is 5.32 Å². The number of aliphatic hydroxyl groups is 1. The lowest BCUT2D eigenvalue weighted by Crippen LogP contribution is -2.38. The highest BCUT2D eigenvalue weighted by molar-refractivity contribution is 5.70. The first kappa shape index (κ1) is 12.5. The van der Waals surface area contributed by atoms with E-state index in [1.165, 1.54) is 0 Å². The highest BCUT2D eigenvalue weighted by Gasteiger charge is 2.26. The highest BCUT2D eigenvalue weighted by atomic mass is 16.4. The summed E-state index contributed by atoms with van der Waals surface area (Å²) < 4.78 is 0. The average molecular weight is 215 g/mol. The van der Waals surface area contributed by atoms with E-state index in [9.17, 15) is 4.79 Å². The summed E-state index contributed by atoms with van der Waals surface area (Å²) in [4.78, 5) is 10.8. The minimum atomic E-state index is -0.670. The number of aliphatic carboxylic acids is 1. The molecule has 0 radical (unpaired) electrons. The summed E-state index contributed by atoms with van der Waals surface area (Å²) >= 11 is 0. The Hall–Kier alpha value is -0.610. The van der Waals surface area contributed by atoms with Gasteiger partial charge in [0.1, 0.15) is 0 Å². The maximum atomic E-state index is 10.8. The van der Waals surface area contributed by atoms with Gasteiger partial charge in [0.2, 0.25) is 0 Å². The molecular weight excluding hydrogens is 194 g/mol. The molecule has 1 aliphatic carbocycles. The van der Waals surface area contributed by atoms with Gasteiger partial charge in [-0.15, -0.1) is 0 Å². The molecule has 0 bridgehead atoms. The smallest absolute Gasteiger partial charge is 0.306 e. The van der Waals surface area contributed by atoms with E-state index in [1.807, 2.05) is 6.92 Å². The molecule has 0 aromatic heterocycles. The maximum Gasteiger partial charge on any atom is 0.306 e. The fraction of sp³-hybridized carbons (Fsp3) is 0.909. The highest BCUT2D eigenvalue weighted by Crippen LogP contribution is 2.24. The second-order valence-corrected chi connectivity index (χ2v) is 4.59. The number of carbonyl (C=O) groups is 1.